The van der Waals surface area contributed by atoms with Gasteiger partial charge in [0.05, 0.1) is 19.0 Å². The van der Waals surface area contributed by atoms with Gasteiger partial charge in [0.2, 0.25) is 11.8 Å². The first-order valence-electron chi connectivity index (χ1n) is 11.3. The summed E-state index contributed by atoms with van der Waals surface area (Å²) in [5, 5.41) is 3.02. The monoisotopic (exact) mass is 446 g/mol. The lowest BCUT2D eigenvalue weighted by molar-refractivity contribution is -0.121. The fraction of sp³-hybridized carbons (Fsp3) is 0.286. The lowest BCUT2D eigenvalue weighted by Crippen LogP contribution is -2.31. The fourth-order valence-electron chi connectivity index (χ4n) is 3.65. The van der Waals surface area contributed by atoms with Gasteiger partial charge >= 0.3 is 0 Å². The van der Waals surface area contributed by atoms with Gasteiger partial charge in [-0.25, -0.2) is 4.39 Å². The first-order valence-corrected chi connectivity index (χ1v) is 11.3. The van der Waals surface area contributed by atoms with E-state index in [9.17, 15) is 14.0 Å². The topological polar surface area (TPSA) is 49.4 Å². The third-order valence-corrected chi connectivity index (χ3v) is 5.43. The Morgan fingerprint density at radius 1 is 0.848 bits per heavy atom. The van der Waals surface area contributed by atoms with Crippen LogP contribution < -0.4 is 10.2 Å². The van der Waals surface area contributed by atoms with Crippen LogP contribution in [0.2, 0.25) is 0 Å². The van der Waals surface area contributed by atoms with Crippen molar-refractivity contribution in [2.75, 3.05) is 4.90 Å². The molecule has 0 unspecified atom stereocenters. The number of amides is 2. The summed E-state index contributed by atoms with van der Waals surface area (Å²) < 4.78 is 13.3. The van der Waals surface area contributed by atoms with Gasteiger partial charge in [-0.3, -0.25) is 9.59 Å². The summed E-state index contributed by atoms with van der Waals surface area (Å²) in [7, 11) is 0. The van der Waals surface area contributed by atoms with Gasteiger partial charge in [-0.05, 0) is 53.8 Å². The van der Waals surface area contributed by atoms with Gasteiger partial charge in [-0.2, -0.15) is 0 Å². The quantitative estimate of drug-likeness (QED) is 0.450. The fourth-order valence-corrected chi connectivity index (χ4v) is 3.65. The molecule has 1 atom stereocenters. The molecule has 0 fully saturated rings. The van der Waals surface area contributed by atoms with Crippen LogP contribution >= 0.6 is 0 Å². The molecule has 3 aromatic rings. The lowest BCUT2D eigenvalue weighted by Gasteiger charge is -2.24. The van der Waals surface area contributed by atoms with Gasteiger partial charge in [0.1, 0.15) is 5.82 Å². The van der Waals surface area contributed by atoms with Crippen LogP contribution in [0.3, 0.4) is 0 Å². The summed E-state index contributed by atoms with van der Waals surface area (Å²) in [6.45, 7) is 6.34. The average molecular weight is 447 g/mol. The lowest BCUT2D eigenvalue weighted by atomic mass is 10.1. The maximum atomic E-state index is 13.3. The first-order chi connectivity index (χ1) is 15.8. The zero-order valence-corrected chi connectivity index (χ0v) is 19.4. The number of halogens is 1. The SMILES string of the molecule is CC(C)CC(=O)N(Cc1ccc(F)cc1)c1ccc(CC(=O)N[C@H](C)c2ccccc2)cc1. The van der Waals surface area contributed by atoms with E-state index in [1.54, 1.807) is 17.0 Å². The van der Waals surface area contributed by atoms with Crippen molar-refractivity contribution in [1.29, 1.82) is 0 Å². The Bertz CT molecular complexity index is 1050. The standard InChI is InChI=1S/C28H31FN2O2/c1-20(2)17-28(33)31(19-23-9-13-25(29)14-10-23)26-15-11-22(12-16-26)18-27(32)30-21(3)24-7-5-4-6-8-24/h4-16,20-21H,17-19H2,1-3H3,(H,30,32)/t21-/m1/s1. The molecule has 0 aliphatic rings. The highest BCUT2D eigenvalue weighted by atomic mass is 19.1. The summed E-state index contributed by atoms with van der Waals surface area (Å²) in [6.07, 6.45) is 0.679. The highest BCUT2D eigenvalue weighted by Gasteiger charge is 2.18. The highest BCUT2D eigenvalue weighted by molar-refractivity contribution is 5.93. The maximum Gasteiger partial charge on any atom is 0.227 e. The number of hydrogen-bond donors (Lipinski definition) is 1. The van der Waals surface area contributed by atoms with Crippen LogP contribution in [0.15, 0.2) is 78.9 Å². The molecule has 0 bridgehead atoms. The van der Waals surface area contributed by atoms with Crippen LogP contribution in [0.1, 0.15) is 49.9 Å². The van der Waals surface area contributed by atoms with Crippen molar-refractivity contribution in [2.45, 2.75) is 46.2 Å². The van der Waals surface area contributed by atoms with E-state index in [4.69, 9.17) is 0 Å². The summed E-state index contributed by atoms with van der Waals surface area (Å²) in [4.78, 5) is 27.2. The molecular weight excluding hydrogens is 415 g/mol. The zero-order valence-electron chi connectivity index (χ0n) is 19.4. The van der Waals surface area contributed by atoms with E-state index in [-0.39, 0.29) is 36.0 Å². The van der Waals surface area contributed by atoms with Crippen molar-refractivity contribution in [3.63, 3.8) is 0 Å². The molecule has 0 saturated heterocycles. The molecule has 0 spiro atoms. The van der Waals surface area contributed by atoms with Crippen molar-refractivity contribution in [3.8, 4) is 0 Å². The van der Waals surface area contributed by atoms with E-state index in [2.05, 4.69) is 5.32 Å². The van der Waals surface area contributed by atoms with Crippen molar-refractivity contribution in [2.24, 2.45) is 5.92 Å². The largest absolute Gasteiger partial charge is 0.349 e. The van der Waals surface area contributed by atoms with Crippen molar-refractivity contribution in [3.05, 3.63) is 101 Å². The molecular formula is C28H31FN2O2. The Balaban J connectivity index is 1.69. The van der Waals surface area contributed by atoms with Gasteiger partial charge in [0.25, 0.3) is 0 Å². The van der Waals surface area contributed by atoms with E-state index in [0.717, 1.165) is 22.4 Å². The Kier molecular flexibility index (Phi) is 8.36. The highest BCUT2D eigenvalue weighted by Crippen LogP contribution is 2.21. The Morgan fingerprint density at radius 3 is 2.06 bits per heavy atom. The predicted octanol–water partition coefficient (Wildman–Crippen LogP) is 5.82. The number of nitrogens with zero attached hydrogens (tertiary/aromatic N) is 1. The molecule has 4 nitrogen and oxygen atoms in total. The molecule has 0 aromatic heterocycles. The van der Waals surface area contributed by atoms with Gasteiger partial charge < -0.3 is 10.2 Å². The van der Waals surface area contributed by atoms with Crippen molar-refractivity contribution < 1.29 is 14.0 Å². The van der Waals surface area contributed by atoms with E-state index < -0.39 is 0 Å². The van der Waals surface area contributed by atoms with E-state index >= 15 is 0 Å². The van der Waals surface area contributed by atoms with Crippen LogP contribution in [0.4, 0.5) is 10.1 Å². The summed E-state index contributed by atoms with van der Waals surface area (Å²) >= 11 is 0. The molecule has 0 aliphatic heterocycles. The van der Waals surface area contributed by atoms with Crippen LogP contribution in [0, 0.1) is 11.7 Å². The second-order valence-electron chi connectivity index (χ2n) is 8.75. The number of carbonyl (C=O) groups is 2. The minimum absolute atomic E-state index is 0.0107. The minimum atomic E-state index is -0.303. The Hall–Kier alpha value is -3.47. The molecule has 3 rings (SSSR count). The van der Waals surface area contributed by atoms with Crippen LogP contribution in [0.25, 0.3) is 0 Å². The van der Waals surface area contributed by atoms with Crippen molar-refractivity contribution >= 4 is 17.5 Å². The predicted molar refractivity (Wildman–Crippen MR) is 130 cm³/mol. The third kappa shape index (κ3) is 7.28. The molecule has 2 amide bonds. The molecule has 1 N–H and O–H groups in total. The first kappa shape index (κ1) is 24.2. The molecule has 0 radical (unpaired) electrons. The van der Waals surface area contributed by atoms with E-state index in [0.29, 0.717) is 13.0 Å². The molecule has 0 saturated carbocycles. The molecule has 3 aromatic carbocycles. The molecule has 172 valence electrons. The molecule has 5 heteroatoms. The minimum Gasteiger partial charge on any atom is -0.349 e. The maximum absolute atomic E-state index is 13.3. The average Bonchev–Trinajstić information content (AvgIpc) is 2.79. The Labute approximate surface area is 195 Å². The molecule has 0 aliphatic carbocycles. The van der Waals surface area contributed by atoms with Crippen LogP contribution in [0.5, 0.6) is 0 Å². The third-order valence-electron chi connectivity index (χ3n) is 5.43. The van der Waals surface area contributed by atoms with Gasteiger partial charge in [0.15, 0.2) is 0 Å². The summed E-state index contributed by atoms with van der Waals surface area (Å²) in [5.41, 5.74) is 3.54. The number of nitrogens with one attached hydrogen (secondary N) is 1. The van der Waals surface area contributed by atoms with E-state index in [1.807, 2.05) is 75.4 Å². The molecule has 33 heavy (non-hydrogen) atoms. The molecule has 0 heterocycles. The number of hydrogen-bond acceptors (Lipinski definition) is 2. The van der Waals surface area contributed by atoms with Crippen molar-refractivity contribution in [1.82, 2.24) is 5.32 Å². The smallest absolute Gasteiger partial charge is 0.227 e. The number of carbonyl (C=O) groups excluding carboxylic acids is 2. The normalized spacial score (nSPS) is 11.8. The van der Waals surface area contributed by atoms with Crippen LogP contribution in [-0.4, -0.2) is 11.8 Å². The number of benzene rings is 3. The zero-order chi connectivity index (χ0) is 23.8. The van der Waals surface area contributed by atoms with Crippen LogP contribution in [-0.2, 0) is 22.6 Å². The second-order valence-corrected chi connectivity index (χ2v) is 8.75. The van der Waals surface area contributed by atoms with Gasteiger partial charge in [0, 0.05) is 12.1 Å². The number of anilines is 1. The summed E-state index contributed by atoms with van der Waals surface area (Å²) in [6, 6.07) is 23.4. The number of rotatable bonds is 9. The van der Waals surface area contributed by atoms with E-state index in [1.165, 1.54) is 12.1 Å². The second kappa shape index (κ2) is 11.4. The summed E-state index contributed by atoms with van der Waals surface area (Å²) in [5.74, 6) is -0.125. The Morgan fingerprint density at radius 2 is 1.45 bits per heavy atom. The van der Waals surface area contributed by atoms with Gasteiger partial charge in [-0.15, -0.1) is 0 Å². The van der Waals surface area contributed by atoms with Gasteiger partial charge in [-0.1, -0.05) is 68.4 Å².